The lowest BCUT2D eigenvalue weighted by atomic mass is 10.3. The van der Waals surface area contributed by atoms with Crippen LogP contribution in [-0.2, 0) is 0 Å². The predicted octanol–water partition coefficient (Wildman–Crippen LogP) is 2.88. The van der Waals surface area contributed by atoms with Crippen molar-refractivity contribution in [2.24, 2.45) is 0 Å². The van der Waals surface area contributed by atoms with Crippen LogP contribution >= 0.6 is 15.9 Å². The van der Waals surface area contributed by atoms with Gasteiger partial charge in [-0.2, -0.15) is 0 Å². The molecule has 1 rings (SSSR count). The summed E-state index contributed by atoms with van der Waals surface area (Å²) in [6.07, 6.45) is 0. The molecule has 1 aromatic carbocycles. The zero-order valence-corrected chi connectivity index (χ0v) is 7.58. The summed E-state index contributed by atoms with van der Waals surface area (Å²) in [5.41, 5.74) is 0. The van der Waals surface area contributed by atoms with E-state index in [4.69, 9.17) is 0 Å². The Hall–Kier alpha value is -0.710. The third-order valence-corrected chi connectivity index (χ3v) is 1.98. The molecular formula is C7H4BrF3O. The molecule has 0 aliphatic rings. The highest BCUT2D eigenvalue weighted by Crippen LogP contribution is 2.31. The standard InChI is InChI=1S/C7H4BrF3O/c1-12-7-4(10)2-3(9)6(11)5(7)8/h2H,1H3. The Morgan fingerprint density at radius 1 is 1.25 bits per heavy atom. The molecule has 0 saturated heterocycles. The monoisotopic (exact) mass is 240 g/mol. The van der Waals surface area contributed by atoms with Gasteiger partial charge in [0.15, 0.2) is 23.2 Å². The van der Waals surface area contributed by atoms with E-state index in [-0.39, 0.29) is 10.2 Å². The topological polar surface area (TPSA) is 9.23 Å². The van der Waals surface area contributed by atoms with Gasteiger partial charge in [0.2, 0.25) is 0 Å². The van der Waals surface area contributed by atoms with Crippen LogP contribution in [0.25, 0.3) is 0 Å². The molecule has 0 atom stereocenters. The van der Waals surface area contributed by atoms with Gasteiger partial charge in [0.25, 0.3) is 0 Å². The normalized spacial score (nSPS) is 10.1. The van der Waals surface area contributed by atoms with Gasteiger partial charge in [0, 0.05) is 6.07 Å². The van der Waals surface area contributed by atoms with E-state index in [1.807, 2.05) is 0 Å². The van der Waals surface area contributed by atoms with Gasteiger partial charge in [-0.3, -0.25) is 0 Å². The number of ether oxygens (including phenoxy) is 1. The second kappa shape index (κ2) is 3.35. The van der Waals surface area contributed by atoms with Crippen molar-refractivity contribution in [3.8, 4) is 5.75 Å². The number of benzene rings is 1. The van der Waals surface area contributed by atoms with Crippen LogP contribution in [0.5, 0.6) is 5.75 Å². The van der Waals surface area contributed by atoms with Gasteiger partial charge in [-0.25, -0.2) is 13.2 Å². The lowest BCUT2D eigenvalue weighted by molar-refractivity contribution is 0.372. The number of methoxy groups -OCH3 is 1. The maximum absolute atomic E-state index is 12.7. The zero-order valence-electron chi connectivity index (χ0n) is 6.00. The smallest absolute Gasteiger partial charge is 0.176 e. The zero-order chi connectivity index (χ0) is 9.30. The Bertz CT molecular complexity index is 314. The highest BCUT2D eigenvalue weighted by molar-refractivity contribution is 9.10. The minimum absolute atomic E-state index is 0.339. The molecule has 0 heterocycles. The molecule has 1 nitrogen and oxygen atoms in total. The van der Waals surface area contributed by atoms with Gasteiger partial charge < -0.3 is 4.74 Å². The van der Waals surface area contributed by atoms with Gasteiger partial charge in [-0.15, -0.1) is 0 Å². The number of halogens is 4. The van der Waals surface area contributed by atoms with Gasteiger partial charge >= 0.3 is 0 Å². The first kappa shape index (κ1) is 9.38. The molecular weight excluding hydrogens is 237 g/mol. The van der Waals surface area contributed by atoms with E-state index in [0.29, 0.717) is 6.07 Å². The fourth-order valence-electron chi connectivity index (χ4n) is 0.737. The fourth-order valence-corrected chi connectivity index (χ4v) is 1.28. The van der Waals surface area contributed by atoms with Gasteiger partial charge in [0.1, 0.15) is 4.47 Å². The summed E-state index contributed by atoms with van der Waals surface area (Å²) in [5.74, 6) is -3.69. The highest BCUT2D eigenvalue weighted by Gasteiger charge is 2.16. The SMILES string of the molecule is COc1c(F)cc(F)c(F)c1Br. The van der Waals surface area contributed by atoms with Crippen LogP contribution in [0.2, 0.25) is 0 Å². The van der Waals surface area contributed by atoms with Gasteiger partial charge in [0.05, 0.1) is 7.11 Å². The summed E-state index contributed by atoms with van der Waals surface area (Å²) in [5, 5.41) is 0. The molecule has 12 heavy (non-hydrogen) atoms. The first-order valence-electron chi connectivity index (χ1n) is 2.95. The van der Waals surface area contributed by atoms with Crippen LogP contribution in [0.3, 0.4) is 0 Å². The third-order valence-electron chi connectivity index (χ3n) is 1.28. The molecule has 0 amide bonds. The Morgan fingerprint density at radius 3 is 2.33 bits per heavy atom. The lowest BCUT2D eigenvalue weighted by Gasteiger charge is -2.05. The van der Waals surface area contributed by atoms with Gasteiger partial charge in [-0.1, -0.05) is 0 Å². The predicted molar refractivity (Wildman–Crippen MR) is 40.6 cm³/mol. The van der Waals surface area contributed by atoms with Crippen LogP contribution < -0.4 is 4.74 Å². The largest absolute Gasteiger partial charge is 0.492 e. The van der Waals surface area contributed by atoms with Crippen LogP contribution in [0.1, 0.15) is 0 Å². The average molecular weight is 241 g/mol. The first-order valence-corrected chi connectivity index (χ1v) is 3.74. The number of rotatable bonds is 1. The summed E-state index contributed by atoms with van der Waals surface area (Å²) in [6, 6.07) is 0.429. The summed E-state index contributed by atoms with van der Waals surface area (Å²) >= 11 is 2.66. The average Bonchev–Trinajstić information content (AvgIpc) is 2.01. The molecule has 0 spiro atoms. The quantitative estimate of drug-likeness (QED) is 0.542. The minimum Gasteiger partial charge on any atom is -0.492 e. The Labute approximate surface area is 75.3 Å². The summed E-state index contributed by atoms with van der Waals surface area (Å²) in [4.78, 5) is 0. The molecule has 1 aromatic rings. The summed E-state index contributed by atoms with van der Waals surface area (Å²) in [7, 11) is 1.17. The van der Waals surface area contributed by atoms with Crippen molar-refractivity contribution in [3.05, 3.63) is 28.0 Å². The van der Waals surface area contributed by atoms with E-state index in [2.05, 4.69) is 20.7 Å². The van der Waals surface area contributed by atoms with Crippen molar-refractivity contribution in [2.45, 2.75) is 0 Å². The van der Waals surface area contributed by atoms with E-state index in [0.717, 1.165) is 0 Å². The van der Waals surface area contributed by atoms with Crippen molar-refractivity contribution in [1.82, 2.24) is 0 Å². The third kappa shape index (κ3) is 1.41. The summed E-state index contributed by atoms with van der Waals surface area (Å²) < 4.78 is 42.0. The second-order valence-corrected chi connectivity index (χ2v) is 2.79. The van der Waals surface area contributed by atoms with E-state index in [9.17, 15) is 13.2 Å². The maximum Gasteiger partial charge on any atom is 0.176 e. The van der Waals surface area contributed by atoms with E-state index >= 15 is 0 Å². The van der Waals surface area contributed by atoms with Crippen LogP contribution in [0.4, 0.5) is 13.2 Å². The van der Waals surface area contributed by atoms with E-state index in [1.165, 1.54) is 7.11 Å². The molecule has 0 fully saturated rings. The second-order valence-electron chi connectivity index (χ2n) is 2.00. The lowest BCUT2D eigenvalue weighted by Crippen LogP contribution is -1.95. The van der Waals surface area contributed by atoms with Crippen LogP contribution in [0.15, 0.2) is 10.5 Å². The van der Waals surface area contributed by atoms with Crippen molar-refractivity contribution in [1.29, 1.82) is 0 Å². The molecule has 0 saturated carbocycles. The number of hydrogen-bond donors (Lipinski definition) is 0. The Balaban J connectivity index is 3.40. The molecule has 66 valence electrons. The molecule has 0 unspecified atom stereocenters. The molecule has 0 N–H and O–H groups in total. The van der Waals surface area contributed by atoms with Crippen molar-refractivity contribution in [2.75, 3.05) is 7.11 Å². The molecule has 0 aromatic heterocycles. The highest BCUT2D eigenvalue weighted by atomic mass is 79.9. The Kier molecular flexibility index (Phi) is 2.62. The molecule has 0 aliphatic heterocycles. The van der Waals surface area contributed by atoms with Crippen LogP contribution in [0, 0.1) is 17.5 Å². The van der Waals surface area contributed by atoms with Crippen LogP contribution in [-0.4, -0.2) is 7.11 Å². The molecule has 5 heteroatoms. The Morgan fingerprint density at radius 2 is 1.83 bits per heavy atom. The first-order chi connectivity index (χ1) is 5.57. The van der Waals surface area contributed by atoms with Crippen molar-refractivity contribution < 1.29 is 17.9 Å². The maximum atomic E-state index is 12.7. The van der Waals surface area contributed by atoms with E-state index in [1.54, 1.807) is 0 Å². The molecule has 0 aliphatic carbocycles. The number of hydrogen-bond acceptors (Lipinski definition) is 1. The molecule has 0 radical (unpaired) electrons. The fraction of sp³-hybridized carbons (Fsp3) is 0.143. The van der Waals surface area contributed by atoms with Gasteiger partial charge in [-0.05, 0) is 15.9 Å². The minimum atomic E-state index is -1.25. The van der Waals surface area contributed by atoms with Crippen molar-refractivity contribution in [3.63, 3.8) is 0 Å². The summed E-state index contributed by atoms with van der Waals surface area (Å²) in [6.45, 7) is 0. The van der Waals surface area contributed by atoms with Crippen molar-refractivity contribution >= 4 is 15.9 Å². The van der Waals surface area contributed by atoms with E-state index < -0.39 is 17.5 Å². The molecule has 0 bridgehead atoms.